The molecule has 1 amide bonds. The van der Waals surface area contributed by atoms with Crippen LogP contribution in [-0.2, 0) is 11.2 Å². The van der Waals surface area contributed by atoms with Gasteiger partial charge < -0.3 is 4.90 Å². The number of carbonyl (C=O) groups is 2. The van der Waals surface area contributed by atoms with E-state index in [9.17, 15) is 18.4 Å². The molecule has 0 radical (unpaired) electrons. The van der Waals surface area contributed by atoms with Crippen molar-refractivity contribution in [3.63, 3.8) is 0 Å². The molecule has 0 N–H and O–H groups in total. The van der Waals surface area contributed by atoms with Gasteiger partial charge in [-0.2, -0.15) is 0 Å². The van der Waals surface area contributed by atoms with Crippen LogP contribution in [0.25, 0.3) is 6.08 Å². The lowest BCUT2D eigenvalue weighted by molar-refractivity contribution is -0.114. The molecule has 0 fully saturated rings. The number of fused-ring (bicyclic) bond motifs is 1. The van der Waals surface area contributed by atoms with Crippen LogP contribution < -0.4 is 4.90 Å². The molecule has 0 unspecified atom stereocenters. The minimum absolute atomic E-state index is 0.0305. The van der Waals surface area contributed by atoms with Crippen molar-refractivity contribution in [3.05, 3.63) is 106 Å². The van der Waals surface area contributed by atoms with Gasteiger partial charge in [0.2, 0.25) is 5.78 Å². The van der Waals surface area contributed by atoms with E-state index >= 15 is 0 Å². The molecule has 1 aliphatic heterocycles. The number of likely N-dealkylation sites (N-methyl/N-ethyl adjacent to an activating group) is 1. The highest BCUT2D eigenvalue weighted by molar-refractivity contribution is 6.36. The topological polar surface area (TPSA) is 37.4 Å². The van der Waals surface area contributed by atoms with E-state index in [2.05, 4.69) is 11.8 Å². The molecule has 0 aliphatic carbocycles. The van der Waals surface area contributed by atoms with E-state index in [1.54, 1.807) is 43.4 Å². The summed E-state index contributed by atoms with van der Waals surface area (Å²) in [5.74, 6) is 4.40. The molecule has 0 saturated heterocycles. The second kappa shape index (κ2) is 8.37. The first-order valence-corrected chi connectivity index (χ1v) is 9.60. The smallest absolute Gasteiger partial charge is 0.262 e. The number of benzene rings is 3. The number of carbonyl (C=O) groups excluding carboxylic acids is 2. The van der Waals surface area contributed by atoms with Crippen molar-refractivity contribution < 1.29 is 18.4 Å². The van der Waals surface area contributed by atoms with Gasteiger partial charge in [0.1, 0.15) is 11.6 Å². The Morgan fingerprint density at radius 2 is 1.71 bits per heavy atom. The van der Waals surface area contributed by atoms with Gasteiger partial charge >= 0.3 is 0 Å². The van der Waals surface area contributed by atoms with Crippen molar-refractivity contribution in [2.24, 2.45) is 0 Å². The summed E-state index contributed by atoms with van der Waals surface area (Å²) in [5, 5.41) is 0. The van der Waals surface area contributed by atoms with Crippen LogP contribution in [0.1, 0.15) is 27.0 Å². The Morgan fingerprint density at radius 3 is 2.45 bits per heavy atom. The number of hydrogen-bond acceptors (Lipinski definition) is 2. The van der Waals surface area contributed by atoms with Crippen molar-refractivity contribution >= 4 is 23.5 Å². The van der Waals surface area contributed by atoms with Gasteiger partial charge in [0.25, 0.3) is 5.91 Å². The molecule has 0 saturated carbocycles. The third-order valence-corrected chi connectivity index (χ3v) is 4.98. The average Bonchev–Trinajstić information content (AvgIpc) is 2.76. The molecule has 3 aromatic carbocycles. The normalized spacial score (nSPS) is 14.3. The van der Waals surface area contributed by atoms with Gasteiger partial charge in [-0.1, -0.05) is 36.1 Å². The SMILES string of the molecule is CN1C(=O)/C(=C\c2cccc(F)c2)C(=O)c2cc(C#CCc3ccc(F)cc3)ccc21. The van der Waals surface area contributed by atoms with Crippen LogP contribution >= 0.6 is 0 Å². The Morgan fingerprint density at radius 1 is 0.935 bits per heavy atom. The van der Waals surface area contributed by atoms with Crippen molar-refractivity contribution in [1.29, 1.82) is 0 Å². The van der Waals surface area contributed by atoms with Crippen LogP contribution in [0.4, 0.5) is 14.5 Å². The summed E-state index contributed by atoms with van der Waals surface area (Å²) in [4.78, 5) is 27.2. The van der Waals surface area contributed by atoms with Gasteiger partial charge in [-0.15, -0.1) is 0 Å². The highest BCUT2D eigenvalue weighted by Crippen LogP contribution is 2.31. The number of amides is 1. The van der Waals surface area contributed by atoms with Gasteiger partial charge in [-0.05, 0) is 59.7 Å². The van der Waals surface area contributed by atoms with Crippen LogP contribution in [0.15, 0.2) is 72.3 Å². The van der Waals surface area contributed by atoms with Crippen LogP contribution in [0, 0.1) is 23.5 Å². The molecule has 152 valence electrons. The summed E-state index contributed by atoms with van der Waals surface area (Å²) in [6, 6.07) is 16.9. The number of Topliss-reactive ketones (excluding diaryl/α,β-unsaturated/α-hetero) is 1. The fourth-order valence-corrected chi connectivity index (χ4v) is 3.36. The Kier molecular flexibility index (Phi) is 5.46. The summed E-state index contributed by atoms with van der Waals surface area (Å²) in [5.41, 5.74) is 2.77. The van der Waals surface area contributed by atoms with E-state index < -0.39 is 17.5 Å². The van der Waals surface area contributed by atoms with E-state index in [-0.39, 0.29) is 11.4 Å². The highest BCUT2D eigenvalue weighted by atomic mass is 19.1. The number of anilines is 1. The fourth-order valence-electron chi connectivity index (χ4n) is 3.36. The first-order valence-electron chi connectivity index (χ1n) is 9.60. The predicted molar refractivity (Wildman–Crippen MR) is 116 cm³/mol. The molecule has 3 nitrogen and oxygen atoms in total. The van der Waals surface area contributed by atoms with Crippen LogP contribution in [0.2, 0.25) is 0 Å². The van der Waals surface area contributed by atoms with E-state index in [0.717, 1.165) is 5.56 Å². The van der Waals surface area contributed by atoms with Crippen molar-refractivity contribution in [2.45, 2.75) is 6.42 Å². The molecule has 4 rings (SSSR count). The lowest BCUT2D eigenvalue weighted by Gasteiger charge is -2.26. The van der Waals surface area contributed by atoms with E-state index in [4.69, 9.17) is 0 Å². The molecule has 1 heterocycles. The number of nitrogens with zero attached hydrogens (tertiary/aromatic N) is 1. The molecular weight excluding hydrogens is 396 g/mol. The third kappa shape index (κ3) is 4.29. The minimum Gasteiger partial charge on any atom is -0.311 e. The molecule has 0 bridgehead atoms. The molecule has 0 aromatic heterocycles. The summed E-state index contributed by atoms with van der Waals surface area (Å²) < 4.78 is 26.5. The quantitative estimate of drug-likeness (QED) is 0.344. The van der Waals surface area contributed by atoms with E-state index in [1.165, 1.54) is 41.3 Å². The Bertz CT molecular complexity index is 1280. The second-order valence-electron chi connectivity index (χ2n) is 7.14. The molecule has 0 atom stereocenters. The van der Waals surface area contributed by atoms with Crippen LogP contribution in [-0.4, -0.2) is 18.7 Å². The van der Waals surface area contributed by atoms with Crippen LogP contribution in [0.5, 0.6) is 0 Å². The van der Waals surface area contributed by atoms with Crippen molar-refractivity contribution in [3.8, 4) is 11.8 Å². The van der Waals surface area contributed by atoms with Gasteiger partial charge in [0.15, 0.2) is 0 Å². The second-order valence-corrected chi connectivity index (χ2v) is 7.14. The highest BCUT2D eigenvalue weighted by Gasteiger charge is 2.32. The molecule has 1 aliphatic rings. The Balaban J connectivity index is 1.65. The summed E-state index contributed by atoms with van der Waals surface area (Å²) in [6.45, 7) is 0. The zero-order chi connectivity index (χ0) is 22.0. The first-order chi connectivity index (χ1) is 14.9. The first kappa shape index (κ1) is 20.2. The summed E-state index contributed by atoms with van der Waals surface area (Å²) in [7, 11) is 1.59. The number of halogens is 2. The maximum atomic E-state index is 13.5. The standard InChI is InChI=1S/C26H17F2NO2/c1-29-24-13-10-18(5-2-4-17-8-11-20(27)12-9-17)15-22(24)25(30)23(26(29)31)16-19-6-3-7-21(28)14-19/h3,6-16H,4H2,1H3/b23-16-. The zero-order valence-electron chi connectivity index (χ0n) is 16.7. The maximum absolute atomic E-state index is 13.5. The predicted octanol–water partition coefficient (Wildman–Crippen LogP) is 4.80. The van der Waals surface area contributed by atoms with Gasteiger partial charge in [-0.25, -0.2) is 8.78 Å². The lowest BCUT2D eigenvalue weighted by Crippen LogP contribution is -2.36. The number of hydrogen-bond donors (Lipinski definition) is 0. The van der Waals surface area contributed by atoms with E-state index in [1.807, 2.05) is 0 Å². The van der Waals surface area contributed by atoms with Gasteiger partial charge in [0, 0.05) is 24.6 Å². The molecule has 3 aromatic rings. The number of ketones is 1. The monoisotopic (exact) mass is 413 g/mol. The Labute approximate surface area is 178 Å². The molecule has 5 heteroatoms. The largest absolute Gasteiger partial charge is 0.311 e. The molecule has 31 heavy (non-hydrogen) atoms. The third-order valence-electron chi connectivity index (χ3n) is 4.98. The molecule has 0 spiro atoms. The van der Waals surface area contributed by atoms with E-state index in [0.29, 0.717) is 28.8 Å². The summed E-state index contributed by atoms with van der Waals surface area (Å²) in [6.07, 6.45) is 1.84. The average molecular weight is 413 g/mol. The fraction of sp³-hybridized carbons (Fsp3) is 0.0769. The Hall–Kier alpha value is -4.04. The van der Waals surface area contributed by atoms with Crippen LogP contribution in [0.3, 0.4) is 0 Å². The van der Waals surface area contributed by atoms with Crippen molar-refractivity contribution in [1.82, 2.24) is 0 Å². The maximum Gasteiger partial charge on any atom is 0.262 e. The van der Waals surface area contributed by atoms with Crippen molar-refractivity contribution in [2.75, 3.05) is 11.9 Å². The molecular formula is C26H17F2NO2. The lowest BCUT2D eigenvalue weighted by atomic mass is 9.92. The van der Waals surface area contributed by atoms with Gasteiger partial charge in [-0.3, -0.25) is 9.59 Å². The number of rotatable bonds is 2. The zero-order valence-corrected chi connectivity index (χ0v) is 16.7. The van der Waals surface area contributed by atoms with Gasteiger partial charge in [0.05, 0.1) is 11.3 Å². The minimum atomic E-state index is -0.447. The summed E-state index contributed by atoms with van der Waals surface area (Å²) >= 11 is 0.